The van der Waals surface area contributed by atoms with Crippen LogP contribution in [-0.4, -0.2) is 49.5 Å². The average molecular weight is 260 g/mol. The highest BCUT2D eigenvalue weighted by molar-refractivity contribution is 6.32. The van der Waals surface area contributed by atoms with Gasteiger partial charge in [-0.3, -0.25) is 0 Å². The summed E-state index contributed by atoms with van der Waals surface area (Å²) in [7, 11) is 1.51. The van der Waals surface area contributed by atoms with E-state index in [1.165, 1.54) is 13.3 Å². The van der Waals surface area contributed by atoms with Crippen LogP contribution in [0.15, 0.2) is 6.20 Å². The van der Waals surface area contributed by atoms with Crippen LogP contribution in [0.2, 0.25) is 5.02 Å². The highest BCUT2D eigenvalue weighted by Crippen LogP contribution is 2.20. The van der Waals surface area contributed by atoms with Crippen LogP contribution in [0.3, 0.4) is 0 Å². The lowest BCUT2D eigenvalue weighted by atomic mass is 10.3. The fourth-order valence-corrected chi connectivity index (χ4v) is 1.60. The quantitative estimate of drug-likeness (QED) is 0.869. The molecule has 0 spiro atoms. The summed E-state index contributed by atoms with van der Waals surface area (Å²) in [5.41, 5.74) is 0. The van der Waals surface area contributed by atoms with Crippen molar-refractivity contribution in [2.75, 3.05) is 38.8 Å². The zero-order chi connectivity index (χ0) is 12.1. The fourth-order valence-electron chi connectivity index (χ4n) is 1.44. The molecule has 0 aliphatic carbocycles. The van der Waals surface area contributed by atoms with Gasteiger partial charge in [0.25, 0.3) is 0 Å². The summed E-state index contributed by atoms with van der Waals surface area (Å²) in [6, 6.07) is 0.276. The molecule has 1 aliphatic heterocycles. The monoisotopic (exact) mass is 259 g/mol. The molecule has 1 atom stereocenters. The first-order valence-corrected chi connectivity index (χ1v) is 5.67. The second kappa shape index (κ2) is 6.00. The van der Waals surface area contributed by atoms with Crippen molar-refractivity contribution in [2.24, 2.45) is 0 Å². The van der Waals surface area contributed by atoms with Crippen LogP contribution in [0.4, 0.5) is 5.82 Å². The maximum atomic E-state index is 5.96. The minimum atomic E-state index is 0.0146. The number of nitrogens with one attached hydrogen (secondary N) is 1. The highest BCUT2D eigenvalue weighted by atomic mass is 35.5. The van der Waals surface area contributed by atoms with Gasteiger partial charge in [0.1, 0.15) is 5.02 Å². The number of anilines is 1. The Morgan fingerprint density at radius 2 is 2.47 bits per heavy atom. The summed E-state index contributed by atoms with van der Waals surface area (Å²) in [6.45, 7) is 2.43. The molecule has 0 aromatic carbocycles. The Bertz CT molecular complexity index is 372. The molecule has 0 bridgehead atoms. The number of methoxy groups -OCH3 is 1. The molecular formula is C10H14ClN3O3. The highest BCUT2D eigenvalue weighted by Gasteiger charge is 2.15. The van der Waals surface area contributed by atoms with Crippen molar-refractivity contribution in [3.8, 4) is 6.01 Å². The van der Waals surface area contributed by atoms with Gasteiger partial charge in [0, 0.05) is 6.54 Å². The molecule has 1 unspecified atom stereocenters. The summed E-state index contributed by atoms with van der Waals surface area (Å²) in [5, 5.41) is 3.54. The van der Waals surface area contributed by atoms with Crippen molar-refractivity contribution in [3.63, 3.8) is 0 Å². The van der Waals surface area contributed by atoms with Crippen LogP contribution < -0.4 is 10.1 Å². The number of hydrogen-bond donors (Lipinski definition) is 1. The van der Waals surface area contributed by atoms with Gasteiger partial charge in [-0.1, -0.05) is 11.6 Å². The number of hydrogen-bond acceptors (Lipinski definition) is 6. The molecule has 0 radical (unpaired) electrons. The number of aromatic nitrogens is 2. The van der Waals surface area contributed by atoms with Crippen molar-refractivity contribution in [2.45, 2.75) is 6.10 Å². The second-order valence-electron chi connectivity index (χ2n) is 3.50. The van der Waals surface area contributed by atoms with E-state index in [9.17, 15) is 0 Å². The van der Waals surface area contributed by atoms with E-state index >= 15 is 0 Å². The third-order valence-corrected chi connectivity index (χ3v) is 2.56. The number of halogens is 1. The van der Waals surface area contributed by atoms with Gasteiger partial charge in [-0.05, 0) is 0 Å². The smallest absolute Gasteiger partial charge is 0.318 e. The van der Waals surface area contributed by atoms with Crippen LogP contribution in [-0.2, 0) is 9.47 Å². The van der Waals surface area contributed by atoms with Crippen molar-refractivity contribution >= 4 is 17.4 Å². The SMILES string of the molecule is COc1ncc(Cl)c(NCC2COCCO2)n1. The van der Waals surface area contributed by atoms with Crippen LogP contribution >= 0.6 is 11.6 Å². The Morgan fingerprint density at radius 1 is 1.59 bits per heavy atom. The molecule has 0 amide bonds. The van der Waals surface area contributed by atoms with Gasteiger partial charge in [0.2, 0.25) is 0 Å². The van der Waals surface area contributed by atoms with Crippen molar-refractivity contribution in [3.05, 3.63) is 11.2 Å². The van der Waals surface area contributed by atoms with Crippen molar-refractivity contribution in [1.82, 2.24) is 9.97 Å². The minimum Gasteiger partial charge on any atom is -0.467 e. The molecule has 1 saturated heterocycles. The van der Waals surface area contributed by atoms with Gasteiger partial charge in [0.15, 0.2) is 5.82 Å². The zero-order valence-electron chi connectivity index (χ0n) is 9.48. The number of rotatable bonds is 4. The minimum absolute atomic E-state index is 0.0146. The zero-order valence-corrected chi connectivity index (χ0v) is 10.2. The summed E-state index contributed by atoms with van der Waals surface area (Å²) < 4.78 is 15.7. The van der Waals surface area contributed by atoms with E-state index in [1.54, 1.807) is 0 Å². The van der Waals surface area contributed by atoms with Gasteiger partial charge in [-0.2, -0.15) is 4.98 Å². The topological polar surface area (TPSA) is 65.5 Å². The Labute approximate surface area is 104 Å². The van der Waals surface area contributed by atoms with Crippen molar-refractivity contribution in [1.29, 1.82) is 0 Å². The van der Waals surface area contributed by atoms with Crippen molar-refractivity contribution < 1.29 is 14.2 Å². The van der Waals surface area contributed by atoms with Crippen LogP contribution in [0.25, 0.3) is 0 Å². The molecule has 0 saturated carbocycles. The van der Waals surface area contributed by atoms with E-state index in [2.05, 4.69) is 15.3 Å². The van der Waals surface area contributed by atoms with Gasteiger partial charge in [0.05, 0.1) is 39.2 Å². The third kappa shape index (κ3) is 3.42. The molecule has 1 N–H and O–H groups in total. The van der Waals surface area contributed by atoms with Crippen LogP contribution in [0, 0.1) is 0 Å². The predicted molar refractivity (Wildman–Crippen MR) is 62.6 cm³/mol. The molecule has 1 aliphatic rings. The Balaban J connectivity index is 1.92. The Morgan fingerprint density at radius 3 is 3.18 bits per heavy atom. The van der Waals surface area contributed by atoms with E-state index in [-0.39, 0.29) is 12.1 Å². The second-order valence-corrected chi connectivity index (χ2v) is 3.91. The molecule has 94 valence electrons. The van der Waals surface area contributed by atoms with E-state index < -0.39 is 0 Å². The lowest BCUT2D eigenvalue weighted by Crippen LogP contribution is -2.34. The lowest BCUT2D eigenvalue weighted by molar-refractivity contribution is -0.0819. The molecule has 1 aromatic heterocycles. The number of ether oxygens (including phenoxy) is 3. The largest absolute Gasteiger partial charge is 0.467 e. The molecule has 1 fully saturated rings. The van der Waals surface area contributed by atoms with Gasteiger partial charge in [-0.25, -0.2) is 4.98 Å². The molecule has 1 aromatic rings. The molecule has 17 heavy (non-hydrogen) atoms. The van der Waals surface area contributed by atoms with Crippen LogP contribution in [0.1, 0.15) is 0 Å². The Kier molecular flexibility index (Phi) is 4.36. The third-order valence-electron chi connectivity index (χ3n) is 2.29. The maximum Gasteiger partial charge on any atom is 0.318 e. The molecule has 2 heterocycles. The summed E-state index contributed by atoms with van der Waals surface area (Å²) in [4.78, 5) is 7.99. The molecular weight excluding hydrogens is 246 g/mol. The fraction of sp³-hybridized carbons (Fsp3) is 0.600. The van der Waals surface area contributed by atoms with E-state index in [0.29, 0.717) is 37.2 Å². The van der Waals surface area contributed by atoms with Gasteiger partial charge < -0.3 is 19.5 Å². The molecule has 2 rings (SSSR count). The standard InChI is InChI=1S/C10H14ClN3O3/c1-15-10-13-5-8(11)9(14-10)12-4-7-6-16-2-3-17-7/h5,7H,2-4,6H2,1H3,(H,12,13,14). The predicted octanol–water partition coefficient (Wildman–Crippen LogP) is 0.966. The summed E-state index contributed by atoms with van der Waals surface area (Å²) in [5.74, 6) is 0.535. The normalized spacial score (nSPS) is 20.0. The summed E-state index contributed by atoms with van der Waals surface area (Å²) >= 11 is 5.96. The van der Waals surface area contributed by atoms with Crippen LogP contribution in [0.5, 0.6) is 6.01 Å². The first kappa shape index (κ1) is 12.3. The average Bonchev–Trinajstić information content (AvgIpc) is 2.39. The van der Waals surface area contributed by atoms with Gasteiger partial charge >= 0.3 is 6.01 Å². The Hall–Kier alpha value is -1.11. The van der Waals surface area contributed by atoms with E-state index in [1.807, 2.05) is 0 Å². The summed E-state index contributed by atoms with van der Waals surface area (Å²) in [6.07, 6.45) is 1.51. The lowest BCUT2D eigenvalue weighted by Gasteiger charge is -2.23. The molecule has 7 heteroatoms. The van der Waals surface area contributed by atoms with E-state index in [0.717, 1.165) is 0 Å². The van der Waals surface area contributed by atoms with Gasteiger partial charge in [-0.15, -0.1) is 0 Å². The van der Waals surface area contributed by atoms with E-state index in [4.69, 9.17) is 25.8 Å². The molecule has 6 nitrogen and oxygen atoms in total. The number of nitrogens with zero attached hydrogens (tertiary/aromatic N) is 2. The maximum absolute atomic E-state index is 5.96. The first-order valence-electron chi connectivity index (χ1n) is 5.29. The first-order chi connectivity index (χ1) is 8.29.